The molecule has 2 atom stereocenters. The zero-order valence-electron chi connectivity index (χ0n) is 41.6. The van der Waals surface area contributed by atoms with E-state index in [1.54, 1.807) is 12.4 Å². The monoisotopic (exact) mass is 927 g/mol. The number of pyridine rings is 2. The number of nitrogens with zero attached hydrogens (tertiary/aromatic N) is 8. The third kappa shape index (κ3) is 12.4. The number of hydrogen-bond donors (Lipinski definition) is 0. The molecule has 1 spiro atoms. The lowest BCUT2D eigenvalue weighted by Crippen LogP contribution is -2.66. The predicted octanol–water partition coefficient (Wildman–Crippen LogP) is 8.47. The van der Waals surface area contributed by atoms with Crippen LogP contribution in [0.2, 0.25) is 0 Å². The third-order valence-electron chi connectivity index (χ3n) is 15.5. The summed E-state index contributed by atoms with van der Waals surface area (Å²) >= 11 is 0. The molecular formula is C56H78N8O4. The summed E-state index contributed by atoms with van der Waals surface area (Å²) in [4.78, 5) is 49.7. The predicted molar refractivity (Wildman–Crippen MR) is 271 cm³/mol. The van der Waals surface area contributed by atoms with Gasteiger partial charge in [-0.25, -0.2) is 9.97 Å². The molecule has 1 saturated carbocycles. The Morgan fingerprint density at radius 1 is 0.544 bits per heavy atom. The van der Waals surface area contributed by atoms with E-state index in [0.717, 1.165) is 122 Å². The topological polar surface area (TPSA) is 97.8 Å². The molecule has 6 heterocycles. The zero-order valence-corrected chi connectivity index (χ0v) is 41.6. The van der Waals surface area contributed by atoms with Gasteiger partial charge in [0, 0.05) is 128 Å². The first kappa shape index (κ1) is 49.8. The van der Waals surface area contributed by atoms with Gasteiger partial charge in [0.2, 0.25) is 11.8 Å². The van der Waals surface area contributed by atoms with E-state index in [2.05, 4.69) is 104 Å². The third-order valence-corrected chi connectivity index (χ3v) is 15.5. The number of aromatic nitrogens is 2. The second kappa shape index (κ2) is 22.9. The SMILES string of the molecule is CCC(=O)N(CC1(N2CCN(Cc3ccccc3)CC2)CCOC(C)(C)C1)c1ccccn1.CCC(=O)N(CC1(N2CCN(Cc3ccccc3)CC2)CCOC2(CCCC2)C1)c1ccccn1. The van der Waals surface area contributed by atoms with Gasteiger partial charge in [-0.2, -0.15) is 0 Å². The van der Waals surface area contributed by atoms with Crippen LogP contribution in [0, 0.1) is 0 Å². The molecular weight excluding hydrogens is 849 g/mol. The average Bonchev–Trinajstić information content (AvgIpc) is 3.82. The second-order valence-corrected chi connectivity index (χ2v) is 20.7. The van der Waals surface area contributed by atoms with Gasteiger partial charge in [-0.15, -0.1) is 0 Å². The number of rotatable bonds is 14. The lowest BCUT2D eigenvalue weighted by Gasteiger charge is -2.55. The number of piperazine rings is 2. The Balaban J connectivity index is 0.000000184. The summed E-state index contributed by atoms with van der Waals surface area (Å²) in [6.45, 7) is 21.3. The number of anilines is 2. The molecule has 2 aromatic carbocycles. The fourth-order valence-electron chi connectivity index (χ4n) is 12.0. The van der Waals surface area contributed by atoms with Gasteiger partial charge >= 0.3 is 0 Å². The molecule has 0 radical (unpaired) electrons. The van der Waals surface area contributed by atoms with Crippen LogP contribution >= 0.6 is 0 Å². The van der Waals surface area contributed by atoms with Crippen molar-refractivity contribution in [1.82, 2.24) is 29.6 Å². The summed E-state index contributed by atoms with van der Waals surface area (Å²) in [6, 6.07) is 33.2. The van der Waals surface area contributed by atoms with Crippen LogP contribution in [0.25, 0.3) is 0 Å². The van der Waals surface area contributed by atoms with E-state index >= 15 is 0 Å². The molecule has 12 nitrogen and oxygen atoms in total. The van der Waals surface area contributed by atoms with Gasteiger partial charge in [0.25, 0.3) is 0 Å². The quantitative estimate of drug-likeness (QED) is 0.123. The van der Waals surface area contributed by atoms with Crippen molar-refractivity contribution in [2.75, 3.05) is 88.5 Å². The maximum Gasteiger partial charge on any atom is 0.227 e. The summed E-state index contributed by atoms with van der Waals surface area (Å²) in [6.07, 6.45) is 13.1. The molecule has 5 aliphatic rings. The van der Waals surface area contributed by atoms with Crippen LogP contribution in [0.15, 0.2) is 109 Å². The van der Waals surface area contributed by atoms with Gasteiger partial charge in [-0.1, -0.05) is 99.5 Å². The minimum Gasteiger partial charge on any atom is -0.375 e. The average molecular weight is 927 g/mol. The van der Waals surface area contributed by atoms with Gasteiger partial charge in [-0.05, 0) is 87.8 Å². The molecule has 4 aliphatic heterocycles. The Hall–Kier alpha value is -4.56. The van der Waals surface area contributed by atoms with Crippen LogP contribution in [0.3, 0.4) is 0 Å². The van der Waals surface area contributed by atoms with Crippen LogP contribution < -0.4 is 9.80 Å². The maximum absolute atomic E-state index is 13.2. The molecule has 68 heavy (non-hydrogen) atoms. The first-order chi connectivity index (χ1) is 33.0. The fourth-order valence-corrected chi connectivity index (χ4v) is 12.0. The molecule has 9 rings (SSSR count). The van der Waals surface area contributed by atoms with Crippen molar-refractivity contribution in [2.24, 2.45) is 0 Å². The van der Waals surface area contributed by atoms with Gasteiger partial charge in [-0.3, -0.25) is 39.0 Å². The molecule has 0 bridgehead atoms. The standard InChI is InChI=1S/C29H40N4O2.C27H38N4O2/c1-2-27(34)33(26-12-6-9-16-30-26)24-28(15-21-35-29(23-28)13-7-8-14-29)32-19-17-31(18-20-32)22-25-10-4-3-5-11-25;1-4-25(32)31(24-12-8-9-14-28-24)22-27(13-19-33-26(2,3)21-27)30-17-15-29(16-18-30)20-23-10-6-5-7-11-23/h3-6,9-12,16H,2,7-8,13-15,17-24H2,1H3;5-12,14H,4,13,15-22H2,1-3H3. The number of carbonyl (C=O) groups excluding carboxylic acids is 2. The Kier molecular flexibility index (Phi) is 16.8. The van der Waals surface area contributed by atoms with Gasteiger partial charge in [0.05, 0.1) is 11.2 Å². The van der Waals surface area contributed by atoms with Crippen LogP contribution in [-0.4, -0.2) is 142 Å². The number of carbonyl (C=O) groups is 2. The molecule has 2 unspecified atom stereocenters. The van der Waals surface area contributed by atoms with Crippen molar-refractivity contribution < 1.29 is 19.1 Å². The van der Waals surface area contributed by atoms with E-state index in [0.29, 0.717) is 32.5 Å². The summed E-state index contributed by atoms with van der Waals surface area (Å²) in [5.74, 6) is 1.79. The Morgan fingerprint density at radius 2 is 0.971 bits per heavy atom. The molecule has 366 valence electrons. The molecule has 1 aliphatic carbocycles. The van der Waals surface area contributed by atoms with Crippen molar-refractivity contribution in [2.45, 2.75) is 127 Å². The Labute approximate surface area is 407 Å². The van der Waals surface area contributed by atoms with Crippen molar-refractivity contribution in [1.29, 1.82) is 0 Å². The van der Waals surface area contributed by atoms with E-state index in [1.165, 1.54) is 24.0 Å². The van der Waals surface area contributed by atoms with Crippen LogP contribution in [-0.2, 0) is 32.2 Å². The van der Waals surface area contributed by atoms with Crippen molar-refractivity contribution in [3.8, 4) is 0 Å². The zero-order chi connectivity index (χ0) is 47.5. The first-order valence-corrected chi connectivity index (χ1v) is 25.8. The number of benzene rings is 2. The summed E-state index contributed by atoms with van der Waals surface area (Å²) in [5.41, 5.74) is 2.30. The molecule has 5 fully saturated rings. The number of hydrogen-bond acceptors (Lipinski definition) is 10. The van der Waals surface area contributed by atoms with Gasteiger partial charge in [0.15, 0.2) is 0 Å². The number of amides is 2. The normalized spacial score (nSPS) is 24.5. The van der Waals surface area contributed by atoms with E-state index in [-0.39, 0.29) is 34.1 Å². The highest BCUT2D eigenvalue weighted by molar-refractivity contribution is 5.93. The molecule has 4 aromatic rings. The molecule has 4 saturated heterocycles. The highest BCUT2D eigenvalue weighted by Crippen LogP contribution is 2.47. The minimum atomic E-state index is -0.218. The van der Waals surface area contributed by atoms with Crippen molar-refractivity contribution in [3.63, 3.8) is 0 Å². The summed E-state index contributed by atoms with van der Waals surface area (Å²) in [5, 5.41) is 0. The first-order valence-electron chi connectivity index (χ1n) is 25.8. The highest BCUT2D eigenvalue weighted by Gasteiger charge is 2.52. The van der Waals surface area contributed by atoms with Crippen LogP contribution in [0.4, 0.5) is 11.6 Å². The van der Waals surface area contributed by atoms with E-state index < -0.39 is 0 Å². The van der Waals surface area contributed by atoms with Gasteiger partial charge in [0.1, 0.15) is 11.6 Å². The minimum absolute atomic E-state index is 0.0233. The molecule has 12 heteroatoms. The lowest BCUT2D eigenvalue weighted by molar-refractivity contribution is -0.141. The Morgan fingerprint density at radius 3 is 1.38 bits per heavy atom. The van der Waals surface area contributed by atoms with E-state index in [4.69, 9.17) is 9.47 Å². The van der Waals surface area contributed by atoms with E-state index in [1.807, 2.05) is 60.0 Å². The fraction of sp³-hybridized carbons (Fsp3) is 0.571. The maximum atomic E-state index is 13.2. The molecule has 0 N–H and O–H groups in total. The highest BCUT2D eigenvalue weighted by atomic mass is 16.5. The van der Waals surface area contributed by atoms with Gasteiger partial charge < -0.3 is 9.47 Å². The van der Waals surface area contributed by atoms with E-state index in [9.17, 15) is 9.59 Å². The summed E-state index contributed by atoms with van der Waals surface area (Å²) in [7, 11) is 0. The lowest BCUT2D eigenvalue weighted by atomic mass is 9.76. The molecule has 2 aromatic heterocycles. The molecule has 2 amide bonds. The van der Waals surface area contributed by atoms with Crippen LogP contribution in [0.5, 0.6) is 0 Å². The van der Waals surface area contributed by atoms with Crippen LogP contribution in [0.1, 0.15) is 103 Å². The smallest absolute Gasteiger partial charge is 0.227 e. The van der Waals surface area contributed by atoms with Crippen molar-refractivity contribution in [3.05, 3.63) is 121 Å². The largest absolute Gasteiger partial charge is 0.375 e. The number of ether oxygens (including phenoxy) is 2. The summed E-state index contributed by atoms with van der Waals surface area (Å²) < 4.78 is 12.6. The second-order valence-electron chi connectivity index (χ2n) is 20.7. The van der Waals surface area contributed by atoms with Crippen molar-refractivity contribution >= 4 is 23.5 Å². The Bertz CT molecular complexity index is 2160.